The maximum Gasteiger partial charge on any atom is 0.165 e. The Morgan fingerprint density at radius 2 is 2.25 bits per heavy atom. The lowest BCUT2D eigenvalue weighted by molar-refractivity contribution is 0.206. The van der Waals surface area contributed by atoms with Gasteiger partial charge in [-0.05, 0) is 40.0 Å². The summed E-state index contributed by atoms with van der Waals surface area (Å²) in [5.74, 6) is -0.344. The van der Waals surface area contributed by atoms with Gasteiger partial charge in [-0.15, -0.1) is 0 Å². The van der Waals surface area contributed by atoms with Gasteiger partial charge in [-0.25, -0.2) is 4.39 Å². The number of benzene rings is 1. The van der Waals surface area contributed by atoms with Crippen molar-refractivity contribution in [2.75, 3.05) is 7.11 Å². The van der Waals surface area contributed by atoms with Crippen LogP contribution >= 0.6 is 15.9 Å². The number of nitrogens with zero attached hydrogens (tertiary/aromatic N) is 2. The molecule has 20 heavy (non-hydrogen) atoms. The van der Waals surface area contributed by atoms with Gasteiger partial charge in [0.25, 0.3) is 0 Å². The minimum Gasteiger partial charge on any atom is -0.494 e. The minimum atomic E-state index is -0.946. The number of aliphatic hydroxyl groups excluding tert-OH is 1. The molecule has 2 rings (SSSR count). The summed E-state index contributed by atoms with van der Waals surface area (Å²) in [5, 5.41) is 14.7. The van der Waals surface area contributed by atoms with Crippen molar-refractivity contribution < 1.29 is 14.2 Å². The second-order valence-corrected chi connectivity index (χ2v) is 5.25. The van der Waals surface area contributed by atoms with E-state index >= 15 is 0 Å². The topological polar surface area (TPSA) is 47.3 Å². The Kier molecular flexibility index (Phi) is 4.77. The molecule has 0 spiro atoms. The highest BCUT2D eigenvalue weighted by Gasteiger charge is 2.20. The van der Waals surface area contributed by atoms with Crippen molar-refractivity contribution >= 4 is 15.9 Å². The fourth-order valence-electron chi connectivity index (χ4n) is 2.04. The number of methoxy groups -OCH3 is 1. The fraction of sp³-hybridized carbons (Fsp3) is 0.357. The van der Waals surface area contributed by atoms with Gasteiger partial charge in [0.15, 0.2) is 11.6 Å². The molecule has 0 fully saturated rings. The van der Waals surface area contributed by atoms with Gasteiger partial charge in [-0.1, -0.05) is 13.0 Å². The average molecular weight is 343 g/mol. The third-order valence-corrected chi connectivity index (χ3v) is 3.63. The summed E-state index contributed by atoms with van der Waals surface area (Å²) in [7, 11) is 1.40. The smallest absolute Gasteiger partial charge is 0.165 e. The van der Waals surface area contributed by atoms with Gasteiger partial charge in [-0.3, -0.25) is 4.68 Å². The Bertz CT molecular complexity index is 601. The van der Waals surface area contributed by atoms with Crippen molar-refractivity contribution in [1.29, 1.82) is 0 Å². The second-order valence-electron chi connectivity index (χ2n) is 4.40. The van der Waals surface area contributed by atoms with E-state index in [-0.39, 0.29) is 5.75 Å². The highest BCUT2D eigenvalue weighted by molar-refractivity contribution is 9.10. The van der Waals surface area contributed by atoms with E-state index < -0.39 is 11.9 Å². The summed E-state index contributed by atoms with van der Waals surface area (Å²) in [4.78, 5) is 0. The first kappa shape index (κ1) is 15.0. The maximum absolute atomic E-state index is 13.7. The highest BCUT2D eigenvalue weighted by atomic mass is 79.9. The SMILES string of the molecule is CCCn1ncc(Br)c1C(O)c1ccc(OC)c(F)c1. The molecule has 0 aliphatic rings. The number of aliphatic hydroxyl groups is 1. The zero-order valence-electron chi connectivity index (χ0n) is 11.3. The molecule has 108 valence electrons. The van der Waals surface area contributed by atoms with E-state index in [0.717, 1.165) is 6.42 Å². The number of rotatable bonds is 5. The van der Waals surface area contributed by atoms with Gasteiger partial charge in [0.1, 0.15) is 6.10 Å². The molecule has 0 saturated heterocycles. The normalized spacial score (nSPS) is 12.4. The summed E-state index contributed by atoms with van der Waals surface area (Å²) in [6, 6.07) is 4.42. The van der Waals surface area contributed by atoms with Gasteiger partial charge < -0.3 is 9.84 Å². The second kappa shape index (κ2) is 6.37. The Morgan fingerprint density at radius 3 is 2.85 bits per heavy atom. The quantitative estimate of drug-likeness (QED) is 0.906. The summed E-state index contributed by atoms with van der Waals surface area (Å²) < 4.78 is 21.0. The first-order chi connectivity index (χ1) is 9.58. The molecule has 1 aromatic heterocycles. The third-order valence-electron chi connectivity index (χ3n) is 3.02. The molecule has 0 aliphatic heterocycles. The summed E-state index contributed by atoms with van der Waals surface area (Å²) in [6.07, 6.45) is 1.58. The predicted octanol–water partition coefficient (Wildman–Crippen LogP) is 3.29. The molecule has 0 amide bonds. The Hall–Kier alpha value is -1.40. The lowest BCUT2D eigenvalue weighted by Gasteiger charge is -2.15. The van der Waals surface area contributed by atoms with E-state index in [1.165, 1.54) is 19.2 Å². The molecular weight excluding hydrogens is 327 g/mol. The van der Waals surface area contributed by atoms with Gasteiger partial charge in [0.05, 0.1) is 23.5 Å². The van der Waals surface area contributed by atoms with Crippen molar-refractivity contribution in [3.8, 4) is 5.75 Å². The van der Waals surface area contributed by atoms with Crippen LogP contribution in [0, 0.1) is 5.82 Å². The third kappa shape index (κ3) is 2.86. The molecule has 1 unspecified atom stereocenters. The molecule has 0 saturated carbocycles. The number of hydrogen-bond donors (Lipinski definition) is 1. The van der Waals surface area contributed by atoms with Crippen LogP contribution in [0.2, 0.25) is 0 Å². The molecular formula is C14H16BrFN2O2. The van der Waals surface area contributed by atoms with Gasteiger partial charge >= 0.3 is 0 Å². The van der Waals surface area contributed by atoms with Crippen molar-refractivity contribution in [2.45, 2.75) is 26.0 Å². The van der Waals surface area contributed by atoms with E-state index in [4.69, 9.17) is 4.74 Å². The molecule has 1 atom stereocenters. The average Bonchev–Trinajstić information content (AvgIpc) is 2.79. The fourth-order valence-corrected chi connectivity index (χ4v) is 2.56. The van der Waals surface area contributed by atoms with Crippen LogP contribution in [0.3, 0.4) is 0 Å². The Balaban J connectivity index is 2.38. The van der Waals surface area contributed by atoms with Crippen LogP contribution in [0.1, 0.15) is 30.7 Å². The molecule has 0 radical (unpaired) electrons. The molecule has 2 aromatic rings. The van der Waals surface area contributed by atoms with Crippen molar-refractivity contribution in [1.82, 2.24) is 9.78 Å². The number of hydrogen-bond acceptors (Lipinski definition) is 3. The predicted molar refractivity (Wildman–Crippen MR) is 77.2 cm³/mol. The zero-order valence-corrected chi connectivity index (χ0v) is 12.9. The number of aryl methyl sites for hydroxylation is 1. The first-order valence-corrected chi connectivity index (χ1v) is 7.10. The molecule has 0 aliphatic carbocycles. The largest absolute Gasteiger partial charge is 0.494 e. The maximum atomic E-state index is 13.7. The molecule has 6 heteroatoms. The number of halogens is 2. The zero-order chi connectivity index (χ0) is 14.7. The number of ether oxygens (including phenoxy) is 1. The number of aromatic nitrogens is 2. The summed E-state index contributed by atoms with van der Waals surface area (Å²) >= 11 is 3.37. The lowest BCUT2D eigenvalue weighted by atomic mass is 10.1. The molecule has 1 aromatic carbocycles. The van der Waals surface area contributed by atoms with Crippen LogP contribution in [0.4, 0.5) is 4.39 Å². The van der Waals surface area contributed by atoms with Crippen LogP contribution in [-0.2, 0) is 6.54 Å². The molecule has 0 bridgehead atoms. The Labute approximate surface area is 125 Å². The van der Waals surface area contributed by atoms with E-state index in [1.54, 1.807) is 16.9 Å². The molecule has 1 heterocycles. The van der Waals surface area contributed by atoms with Crippen LogP contribution in [0.15, 0.2) is 28.9 Å². The Morgan fingerprint density at radius 1 is 1.50 bits per heavy atom. The minimum absolute atomic E-state index is 0.155. The molecule has 4 nitrogen and oxygen atoms in total. The van der Waals surface area contributed by atoms with Crippen molar-refractivity contribution in [3.63, 3.8) is 0 Å². The van der Waals surface area contributed by atoms with Gasteiger partial charge in [-0.2, -0.15) is 5.10 Å². The van der Waals surface area contributed by atoms with E-state index in [0.29, 0.717) is 22.3 Å². The van der Waals surface area contributed by atoms with E-state index in [9.17, 15) is 9.50 Å². The highest BCUT2D eigenvalue weighted by Crippen LogP contribution is 2.30. The summed E-state index contributed by atoms with van der Waals surface area (Å²) in [6.45, 7) is 2.72. The van der Waals surface area contributed by atoms with Crippen LogP contribution < -0.4 is 4.74 Å². The monoisotopic (exact) mass is 342 g/mol. The summed E-state index contributed by atoms with van der Waals surface area (Å²) in [5.41, 5.74) is 1.08. The van der Waals surface area contributed by atoms with Crippen LogP contribution in [0.25, 0.3) is 0 Å². The van der Waals surface area contributed by atoms with Gasteiger partial charge in [0, 0.05) is 6.54 Å². The van der Waals surface area contributed by atoms with Crippen molar-refractivity contribution in [3.05, 3.63) is 45.9 Å². The van der Waals surface area contributed by atoms with Crippen LogP contribution in [-0.4, -0.2) is 22.0 Å². The standard InChI is InChI=1S/C14H16BrFN2O2/c1-3-6-18-13(10(15)8-17-18)14(19)9-4-5-12(20-2)11(16)7-9/h4-5,7-8,14,19H,3,6H2,1-2H3. The van der Waals surface area contributed by atoms with E-state index in [1.807, 2.05) is 6.92 Å². The molecule has 1 N–H and O–H groups in total. The van der Waals surface area contributed by atoms with Crippen molar-refractivity contribution in [2.24, 2.45) is 0 Å². The van der Waals surface area contributed by atoms with Gasteiger partial charge in [0.2, 0.25) is 0 Å². The lowest BCUT2D eigenvalue weighted by Crippen LogP contribution is -2.11. The van der Waals surface area contributed by atoms with E-state index in [2.05, 4.69) is 21.0 Å². The first-order valence-electron chi connectivity index (χ1n) is 6.31. The van der Waals surface area contributed by atoms with Crippen LogP contribution in [0.5, 0.6) is 5.75 Å².